The molecule has 2 unspecified atom stereocenters. The second-order valence-corrected chi connectivity index (χ2v) is 4.41. The number of aromatic nitrogens is 2. The highest BCUT2D eigenvalue weighted by Crippen LogP contribution is 2.39. The first kappa shape index (κ1) is 10.8. The number of anilines is 1. The van der Waals surface area contributed by atoms with E-state index in [0.717, 1.165) is 10.9 Å². The molecule has 1 aliphatic rings. The molecule has 3 N–H and O–H groups in total. The summed E-state index contributed by atoms with van der Waals surface area (Å²) in [6, 6.07) is 5.43. The molecule has 1 aliphatic carbocycles. The number of amides is 1. The summed E-state index contributed by atoms with van der Waals surface area (Å²) >= 11 is 0. The molecule has 1 aromatic heterocycles. The summed E-state index contributed by atoms with van der Waals surface area (Å²) in [5.41, 5.74) is 1.49. The minimum absolute atomic E-state index is 0.240. The third-order valence-electron chi connectivity index (χ3n) is 3.19. The quantitative estimate of drug-likeness (QED) is 0.757. The predicted octanol–water partition coefficient (Wildman–Crippen LogP) is 1.22. The van der Waals surface area contributed by atoms with Gasteiger partial charge in [0.15, 0.2) is 0 Å². The van der Waals surface area contributed by atoms with E-state index in [4.69, 9.17) is 5.11 Å². The van der Waals surface area contributed by atoms with Crippen LogP contribution in [0.15, 0.2) is 24.4 Å². The van der Waals surface area contributed by atoms with E-state index in [9.17, 15) is 9.59 Å². The van der Waals surface area contributed by atoms with E-state index in [1.54, 1.807) is 18.3 Å². The van der Waals surface area contributed by atoms with Crippen LogP contribution in [0.4, 0.5) is 5.69 Å². The smallest absolute Gasteiger partial charge is 0.307 e. The number of H-pyrrole nitrogens is 1. The van der Waals surface area contributed by atoms with Crippen LogP contribution < -0.4 is 5.32 Å². The number of carboxylic acid groups (broad SMARTS) is 1. The molecule has 2 atom stereocenters. The highest BCUT2D eigenvalue weighted by atomic mass is 16.4. The number of hydrogen-bond donors (Lipinski definition) is 3. The molecule has 1 fully saturated rings. The van der Waals surface area contributed by atoms with Gasteiger partial charge in [-0.15, -0.1) is 0 Å². The van der Waals surface area contributed by atoms with E-state index < -0.39 is 17.8 Å². The van der Waals surface area contributed by atoms with E-state index >= 15 is 0 Å². The van der Waals surface area contributed by atoms with Crippen molar-refractivity contribution in [2.45, 2.75) is 6.42 Å². The molecule has 0 radical (unpaired) electrons. The summed E-state index contributed by atoms with van der Waals surface area (Å²) in [6.45, 7) is 0. The molecule has 6 nitrogen and oxygen atoms in total. The van der Waals surface area contributed by atoms with Gasteiger partial charge < -0.3 is 10.4 Å². The molecule has 1 amide bonds. The van der Waals surface area contributed by atoms with Gasteiger partial charge in [-0.25, -0.2) is 0 Å². The number of carbonyl (C=O) groups is 2. The van der Waals surface area contributed by atoms with Gasteiger partial charge in [0.2, 0.25) is 5.91 Å². The van der Waals surface area contributed by atoms with Crippen LogP contribution in [0, 0.1) is 11.8 Å². The number of aliphatic carboxylic acids is 1. The topological polar surface area (TPSA) is 95.1 Å². The number of aromatic amines is 1. The summed E-state index contributed by atoms with van der Waals surface area (Å²) in [5.74, 6) is -2.09. The molecule has 0 spiro atoms. The summed E-state index contributed by atoms with van der Waals surface area (Å²) in [6.07, 6.45) is 2.05. The Kier molecular flexibility index (Phi) is 2.29. The average molecular weight is 245 g/mol. The number of nitrogens with zero attached hydrogens (tertiary/aromatic N) is 1. The normalized spacial score (nSPS) is 21.8. The van der Waals surface area contributed by atoms with Crippen molar-refractivity contribution in [2.75, 3.05) is 5.32 Å². The second kappa shape index (κ2) is 3.83. The van der Waals surface area contributed by atoms with E-state index in [1.807, 2.05) is 6.07 Å². The fraction of sp³-hybridized carbons (Fsp3) is 0.250. The SMILES string of the molecule is O=C(O)C1CC1C(=O)Nc1cccc2[nH]ncc12. The first-order chi connectivity index (χ1) is 8.66. The number of benzene rings is 1. The largest absolute Gasteiger partial charge is 0.481 e. The lowest BCUT2D eigenvalue weighted by molar-refractivity contribution is -0.139. The van der Waals surface area contributed by atoms with Crippen molar-refractivity contribution in [3.05, 3.63) is 24.4 Å². The maximum absolute atomic E-state index is 11.9. The van der Waals surface area contributed by atoms with Gasteiger partial charge in [-0.05, 0) is 18.6 Å². The first-order valence-electron chi connectivity index (χ1n) is 5.62. The Labute approximate surface area is 102 Å². The molecule has 2 aromatic rings. The maximum atomic E-state index is 11.9. The van der Waals surface area contributed by atoms with Gasteiger partial charge in [-0.2, -0.15) is 5.10 Å². The highest BCUT2D eigenvalue weighted by molar-refractivity contribution is 6.04. The van der Waals surface area contributed by atoms with Crippen LogP contribution >= 0.6 is 0 Å². The number of fused-ring (bicyclic) bond motifs is 1. The van der Waals surface area contributed by atoms with Crippen molar-refractivity contribution in [2.24, 2.45) is 11.8 Å². The minimum Gasteiger partial charge on any atom is -0.481 e. The summed E-state index contributed by atoms with van der Waals surface area (Å²) in [7, 11) is 0. The van der Waals surface area contributed by atoms with Crippen LogP contribution in [-0.4, -0.2) is 27.2 Å². The van der Waals surface area contributed by atoms with E-state index in [2.05, 4.69) is 15.5 Å². The second-order valence-electron chi connectivity index (χ2n) is 4.41. The van der Waals surface area contributed by atoms with Crippen LogP contribution in [0.2, 0.25) is 0 Å². The van der Waals surface area contributed by atoms with Gasteiger partial charge in [0.25, 0.3) is 0 Å². The number of rotatable bonds is 3. The Bertz CT molecular complexity index is 634. The summed E-state index contributed by atoms with van der Waals surface area (Å²) < 4.78 is 0. The fourth-order valence-corrected chi connectivity index (χ4v) is 2.06. The van der Waals surface area contributed by atoms with E-state index in [1.165, 1.54) is 0 Å². The third-order valence-corrected chi connectivity index (χ3v) is 3.19. The summed E-state index contributed by atoms with van der Waals surface area (Å²) in [5, 5.41) is 19.1. The zero-order valence-corrected chi connectivity index (χ0v) is 9.38. The Morgan fingerprint density at radius 1 is 1.39 bits per heavy atom. The molecule has 0 bridgehead atoms. The lowest BCUT2D eigenvalue weighted by atomic mass is 10.2. The van der Waals surface area contributed by atoms with E-state index in [-0.39, 0.29) is 5.91 Å². The predicted molar refractivity (Wildman–Crippen MR) is 64.0 cm³/mol. The average Bonchev–Trinajstić information content (AvgIpc) is 3.01. The molecule has 1 saturated carbocycles. The zero-order chi connectivity index (χ0) is 12.7. The fourth-order valence-electron chi connectivity index (χ4n) is 2.06. The molecular weight excluding hydrogens is 234 g/mol. The van der Waals surface area contributed by atoms with Gasteiger partial charge in [0.05, 0.1) is 29.2 Å². The molecular formula is C12H11N3O3. The van der Waals surface area contributed by atoms with Crippen LogP contribution in [-0.2, 0) is 9.59 Å². The number of carboxylic acids is 1. The molecule has 1 heterocycles. The number of nitrogens with one attached hydrogen (secondary N) is 2. The Morgan fingerprint density at radius 2 is 2.22 bits per heavy atom. The molecule has 92 valence electrons. The van der Waals surface area contributed by atoms with E-state index in [0.29, 0.717) is 12.1 Å². The Balaban J connectivity index is 1.79. The lowest BCUT2D eigenvalue weighted by Gasteiger charge is -2.05. The van der Waals surface area contributed by atoms with Crippen molar-refractivity contribution in [1.82, 2.24) is 10.2 Å². The Morgan fingerprint density at radius 3 is 2.94 bits per heavy atom. The lowest BCUT2D eigenvalue weighted by Crippen LogP contribution is -2.16. The van der Waals surface area contributed by atoms with Crippen LogP contribution in [0.5, 0.6) is 0 Å². The van der Waals surface area contributed by atoms with Gasteiger partial charge in [-0.1, -0.05) is 6.07 Å². The highest BCUT2D eigenvalue weighted by Gasteiger charge is 2.48. The third kappa shape index (κ3) is 1.71. The van der Waals surface area contributed by atoms with Crippen molar-refractivity contribution < 1.29 is 14.7 Å². The van der Waals surface area contributed by atoms with Crippen molar-refractivity contribution in [3.8, 4) is 0 Å². The van der Waals surface area contributed by atoms with Crippen molar-refractivity contribution >= 4 is 28.5 Å². The minimum atomic E-state index is -0.906. The first-order valence-corrected chi connectivity index (χ1v) is 5.62. The van der Waals surface area contributed by atoms with Crippen LogP contribution in [0.1, 0.15) is 6.42 Å². The van der Waals surface area contributed by atoms with Crippen LogP contribution in [0.3, 0.4) is 0 Å². The molecule has 0 aliphatic heterocycles. The molecule has 3 rings (SSSR count). The van der Waals surface area contributed by atoms with Gasteiger partial charge in [0.1, 0.15) is 0 Å². The summed E-state index contributed by atoms with van der Waals surface area (Å²) in [4.78, 5) is 22.6. The number of hydrogen-bond acceptors (Lipinski definition) is 3. The number of carbonyl (C=O) groups excluding carboxylic acids is 1. The molecule has 6 heteroatoms. The van der Waals surface area contributed by atoms with Gasteiger partial charge in [0, 0.05) is 5.39 Å². The maximum Gasteiger partial charge on any atom is 0.307 e. The Hall–Kier alpha value is -2.37. The van der Waals surface area contributed by atoms with Crippen molar-refractivity contribution in [3.63, 3.8) is 0 Å². The van der Waals surface area contributed by atoms with Gasteiger partial charge >= 0.3 is 5.97 Å². The zero-order valence-electron chi connectivity index (χ0n) is 9.38. The van der Waals surface area contributed by atoms with Gasteiger partial charge in [-0.3, -0.25) is 14.7 Å². The molecule has 1 aromatic carbocycles. The monoisotopic (exact) mass is 245 g/mol. The van der Waals surface area contributed by atoms with Crippen LogP contribution in [0.25, 0.3) is 10.9 Å². The molecule has 18 heavy (non-hydrogen) atoms. The standard InChI is InChI=1S/C12H11N3O3/c16-11(6-4-7(6)12(17)18)14-9-2-1-3-10-8(9)5-13-15-10/h1-3,5-7H,4H2,(H,13,15)(H,14,16)(H,17,18). The van der Waals surface area contributed by atoms with Crippen molar-refractivity contribution in [1.29, 1.82) is 0 Å². The molecule has 0 saturated heterocycles.